The Morgan fingerprint density at radius 3 is 1.90 bits per heavy atom. The summed E-state index contributed by atoms with van der Waals surface area (Å²) in [5.41, 5.74) is 1.64. The van der Waals surface area contributed by atoms with Gasteiger partial charge >= 0.3 is 12.1 Å². The number of carbonyl (C=O) groups excluding carboxylic acids is 2. The third kappa shape index (κ3) is 7.67. The maximum Gasteiger partial charge on any atom is 0.405 e. The van der Waals surface area contributed by atoms with Crippen molar-refractivity contribution in [3.05, 3.63) is 102 Å². The molecule has 0 aliphatic carbocycles. The number of nitrogens with one attached hydrogen (secondary N) is 1. The molecule has 1 aliphatic rings. The molecule has 3 aromatic rings. The van der Waals surface area contributed by atoms with Gasteiger partial charge < -0.3 is 15.0 Å². The van der Waals surface area contributed by atoms with Crippen LogP contribution in [-0.2, 0) is 14.9 Å². The summed E-state index contributed by atoms with van der Waals surface area (Å²) in [5.74, 6) is -0.985. The standard InChI is InChI=1S/C32H36F3N3O3/c1-2-41-29(39)25-14-16-28(17-15-25)38-22-20-37(21-23-38)19-9-18-31(26-10-5-3-6-11-26,27-12-7-4-8-13-27)30(40)36-24-32(33,34)35/h3-8,10-17H,2,9,18-24H2,1H3,(H,36,40). The van der Waals surface area contributed by atoms with Crippen molar-refractivity contribution in [2.75, 3.05) is 50.8 Å². The highest BCUT2D eigenvalue weighted by atomic mass is 19.4. The first kappa shape index (κ1) is 30.1. The number of piperazine rings is 1. The van der Waals surface area contributed by atoms with Crippen LogP contribution >= 0.6 is 0 Å². The van der Waals surface area contributed by atoms with Crippen LogP contribution in [0.15, 0.2) is 84.9 Å². The molecule has 1 amide bonds. The van der Waals surface area contributed by atoms with E-state index < -0.39 is 24.0 Å². The van der Waals surface area contributed by atoms with Crippen LogP contribution in [0.3, 0.4) is 0 Å². The normalized spacial score (nSPS) is 14.5. The lowest BCUT2D eigenvalue weighted by molar-refractivity contribution is -0.141. The molecule has 41 heavy (non-hydrogen) atoms. The summed E-state index contributed by atoms with van der Waals surface area (Å²) in [4.78, 5) is 30.1. The molecular formula is C32H36F3N3O3. The Labute approximate surface area is 239 Å². The number of benzene rings is 3. The summed E-state index contributed by atoms with van der Waals surface area (Å²) in [6.07, 6.45) is -3.52. The van der Waals surface area contributed by atoms with Gasteiger partial charge in [-0.15, -0.1) is 0 Å². The van der Waals surface area contributed by atoms with Gasteiger partial charge in [0.25, 0.3) is 0 Å². The predicted octanol–water partition coefficient (Wildman–Crippen LogP) is 5.43. The van der Waals surface area contributed by atoms with Crippen LogP contribution < -0.4 is 10.2 Å². The molecule has 9 heteroatoms. The Morgan fingerprint density at radius 1 is 0.829 bits per heavy atom. The third-order valence-corrected chi connectivity index (χ3v) is 7.51. The molecule has 0 atom stereocenters. The first-order valence-corrected chi connectivity index (χ1v) is 13.9. The molecule has 0 bridgehead atoms. The van der Waals surface area contributed by atoms with Crippen molar-refractivity contribution in [2.45, 2.75) is 31.4 Å². The quantitative estimate of drug-likeness (QED) is 0.313. The second-order valence-corrected chi connectivity index (χ2v) is 10.1. The molecule has 6 nitrogen and oxygen atoms in total. The van der Waals surface area contributed by atoms with E-state index in [-0.39, 0.29) is 5.97 Å². The topological polar surface area (TPSA) is 61.9 Å². The minimum absolute atomic E-state index is 0.332. The van der Waals surface area contributed by atoms with Crippen LogP contribution in [0.2, 0.25) is 0 Å². The summed E-state index contributed by atoms with van der Waals surface area (Å²) in [6.45, 7) is 4.66. The fourth-order valence-electron chi connectivity index (χ4n) is 5.43. The molecule has 1 fully saturated rings. The maximum absolute atomic E-state index is 13.6. The van der Waals surface area contributed by atoms with Gasteiger partial charge in [-0.25, -0.2) is 4.79 Å². The van der Waals surface area contributed by atoms with Crippen LogP contribution in [0.1, 0.15) is 41.3 Å². The van der Waals surface area contributed by atoms with Gasteiger partial charge in [0.1, 0.15) is 6.54 Å². The van der Waals surface area contributed by atoms with Gasteiger partial charge in [-0.05, 0) is 61.7 Å². The van der Waals surface area contributed by atoms with Crippen LogP contribution in [0.4, 0.5) is 18.9 Å². The fourth-order valence-corrected chi connectivity index (χ4v) is 5.43. The number of nitrogens with zero attached hydrogens (tertiary/aromatic N) is 2. The summed E-state index contributed by atoms with van der Waals surface area (Å²) >= 11 is 0. The SMILES string of the molecule is CCOC(=O)c1ccc(N2CCN(CCCC(C(=O)NCC(F)(F)F)(c3ccccc3)c3ccccc3)CC2)cc1. The summed E-state index contributed by atoms with van der Waals surface area (Å²) in [5, 5.41) is 2.18. The van der Waals surface area contributed by atoms with Crippen LogP contribution in [-0.4, -0.2) is 68.8 Å². The molecule has 1 aliphatic heterocycles. The van der Waals surface area contributed by atoms with E-state index in [1.165, 1.54) is 0 Å². The molecule has 0 unspecified atom stereocenters. The van der Waals surface area contributed by atoms with E-state index in [0.717, 1.165) is 31.9 Å². The number of hydrogen-bond donors (Lipinski definition) is 1. The molecule has 0 spiro atoms. The van der Waals surface area contributed by atoms with Crippen molar-refractivity contribution in [1.82, 2.24) is 10.2 Å². The summed E-state index contributed by atoms with van der Waals surface area (Å²) < 4.78 is 44.3. The summed E-state index contributed by atoms with van der Waals surface area (Å²) in [6, 6.07) is 25.5. The number of amides is 1. The zero-order valence-corrected chi connectivity index (χ0v) is 23.2. The predicted molar refractivity (Wildman–Crippen MR) is 153 cm³/mol. The van der Waals surface area contributed by atoms with Crippen molar-refractivity contribution < 1.29 is 27.5 Å². The molecule has 1 saturated heterocycles. The number of halogens is 3. The van der Waals surface area contributed by atoms with Gasteiger partial charge in [-0.1, -0.05) is 60.7 Å². The highest BCUT2D eigenvalue weighted by molar-refractivity contribution is 5.92. The number of hydrogen-bond acceptors (Lipinski definition) is 5. The number of rotatable bonds is 11. The van der Waals surface area contributed by atoms with Crippen molar-refractivity contribution in [2.24, 2.45) is 0 Å². The smallest absolute Gasteiger partial charge is 0.405 e. The van der Waals surface area contributed by atoms with E-state index >= 15 is 0 Å². The number of ether oxygens (including phenoxy) is 1. The Balaban J connectivity index is 1.43. The Kier molecular flexibility index (Phi) is 10.0. The average Bonchev–Trinajstić information content (AvgIpc) is 2.99. The number of esters is 1. The second kappa shape index (κ2) is 13.7. The molecule has 0 saturated carbocycles. The van der Waals surface area contributed by atoms with E-state index in [9.17, 15) is 22.8 Å². The van der Waals surface area contributed by atoms with Crippen LogP contribution in [0, 0.1) is 0 Å². The lowest BCUT2D eigenvalue weighted by Gasteiger charge is -2.38. The van der Waals surface area contributed by atoms with Gasteiger partial charge in [0.15, 0.2) is 0 Å². The molecule has 3 aromatic carbocycles. The molecule has 0 radical (unpaired) electrons. The Hall–Kier alpha value is -3.85. The van der Waals surface area contributed by atoms with Gasteiger partial charge in [0, 0.05) is 31.9 Å². The largest absolute Gasteiger partial charge is 0.462 e. The van der Waals surface area contributed by atoms with Gasteiger partial charge in [0.05, 0.1) is 17.6 Å². The first-order valence-electron chi connectivity index (χ1n) is 13.9. The highest BCUT2D eigenvalue weighted by Crippen LogP contribution is 2.38. The Bertz CT molecular complexity index is 1220. The van der Waals surface area contributed by atoms with Crippen molar-refractivity contribution in [3.63, 3.8) is 0 Å². The summed E-state index contributed by atoms with van der Waals surface area (Å²) in [7, 11) is 0. The molecule has 1 N–H and O–H groups in total. The van der Waals surface area contributed by atoms with Gasteiger partial charge in [-0.3, -0.25) is 9.69 Å². The van der Waals surface area contributed by atoms with E-state index in [1.807, 2.05) is 72.8 Å². The Morgan fingerprint density at radius 2 is 1.39 bits per heavy atom. The molecule has 218 valence electrons. The fraction of sp³-hybridized carbons (Fsp3) is 0.375. The molecule has 4 rings (SSSR count). The van der Waals surface area contributed by atoms with E-state index in [1.54, 1.807) is 19.1 Å². The molecule has 0 aromatic heterocycles. The highest BCUT2D eigenvalue weighted by Gasteiger charge is 2.43. The lowest BCUT2D eigenvalue weighted by atomic mass is 9.70. The van der Waals surface area contributed by atoms with E-state index in [2.05, 4.69) is 15.1 Å². The number of carbonyl (C=O) groups is 2. The maximum atomic E-state index is 13.6. The minimum atomic E-state index is -4.51. The molecular weight excluding hydrogens is 531 g/mol. The lowest BCUT2D eigenvalue weighted by Crippen LogP contribution is -2.49. The number of alkyl halides is 3. The number of anilines is 1. The third-order valence-electron chi connectivity index (χ3n) is 7.51. The molecule has 1 heterocycles. The van der Waals surface area contributed by atoms with Crippen LogP contribution in [0.25, 0.3) is 0 Å². The average molecular weight is 568 g/mol. The van der Waals surface area contributed by atoms with Gasteiger partial charge in [0.2, 0.25) is 5.91 Å². The zero-order chi connectivity index (χ0) is 29.3. The van der Waals surface area contributed by atoms with Crippen molar-refractivity contribution in [3.8, 4) is 0 Å². The van der Waals surface area contributed by atoms with Crippen LogP contribution in [0.5, 0.6) is 0 Å². The zero-order valence-electron chi connectivity index (χ0n) is 23.2. The van der Waals surface area contributed by atoms with Crippen molar-refractivity contribution in [1.29, 1.82) is 0 Å². The van der Waals surface area contributed by atoms with Crippen molar-refractivity contribution >= 4 is 17.6 Å². The monoisotopic (exact) mass is 567 g/mol. The van der Waals surface area contributed by atoms with E-state index in [4.69, 9.17) is 4.74 Å². The first-order chi connectivity index (χ1) is 19.7. The van der Waals surface area contributed by atoms with E-state index in [0.29, 0.717) is 42.7 Å². The minimum Gasteiger partial charge on any atom is -0.462 e. The van der Waals surface area contributed by atoms with Gasteiger partial charge in [-0.2, -0.15) is 13.2 Å². The second-order valence-electron chi connectivity index (χ2n) is 10.1.